The van der Waals surface area contributed by atoms with Gasteiger partial charge in [0.25, 0.3) is 0 Å². The van der Waals surface area contributed by atoms with Gasteiger partial charge in [-0.2, -0.15) is 5.10 Å². The fraction of sp³-hybridized carbons (Fsp3) is 0.286. The SMILES string of the molecule is CCOC(=O)c1cnn(-c2ccc(C(C)C)cc2)c1OCc1ccncc1. The van der Waals surface area contributed by atoms with Crippen LogP contribution in [0.15, 0.2) is 55.0 Å². The Morgan fingerprint density at radius 3 is 2.44 bits per heavy atom. The van der Waals surface area contributed by atoms with Crippen molar-refractivity contribution >= 4 is 5.97 Å². The summed E-state index contributed by atoms with van der Waals surface area (Å²) in [5, 5.41) is 4.36. The van der Waals surface area contributed by atoms with E-state index in [-0.39, 0.29) is 6.61 Å². The van der Waals surface area contributed by atoms with E-state index >= 15 is 0 Å². The first-order chi connectivity index (χ1) is 13.1. The summed E-state index contributed by atoms with van der Waals surface area (Å²) in [4.78, 5) is 16.3. The zero-order chi connectivity index (χ0) is 19.2. The molecule has 0 aliphatic heterocycles. The molecule has 0 amide bonds. The lowest BCUT2D eigenvalue weighted by Crippen LogP contribution is -2.09. The molecule has 0 saturated heterocycles. The van der Waals surface area contributed by atoms with Crippen molar-refractivity contribution in [2.24, 2.45) is 0 Å². The summed E-state index contributed by atoms with van der Waals surface area (Å²) >= 11 is 0. The van der Waals surface area contributed by atoms with Crippen LogP contribution in [-0.2, 0) is 11.3 Å². The fourth-order valence-corrected chi connectivity index (χ4v) is 2.64. The second kappa shape index (κ2) is 8.49. The molecule has 27 heavy (non-hydrogen) atoms. The van der Waals surface area contributed by atoms with Gasteiger partial charge >= 0.3 is 5.97 Å². The Labute approximate surface area is 158 Å². The Morgan fingerprint density at radius 2 is 1.81 bits per heavy atom. The Balaban J connectivity index is 1.93. The standard InChI is InChI=1S/C21H23N3O3/c1-4-26-21(25)19-13-23-24(18-7-5-17(6-8-18)15(2)3)20(19)27-14-16-9-11-22-12-10-16/h5-13,15H,4,14H2,1-3H3. The van der Waals surface area contributed by atoms with E-state index < -0.39 is 5.97 Å². The van der Waals surface area contributed by atoms with Gasteiger partial charge in [0, 0.05) is 12.4 Å². The minimum Gasteiger partial charge on any atom is -0.472 e. The minimum absolute atomic E-state index is 0.289. The highest BCUT2D eigenvalue weighted by Crippen LogP contribution is 2.26. The highest BCUT2D eigenvalue weighted by molar-refractivity contribution is 5.92. The van der Waals surface area contributed by atoms with Crippen LogP contribution in [0.3, 0.4) is 0 Å². The molecule has 1 aromatic carbocycles. The number of carbonyl (C=O) groups excluding carboxylic acids is 1. The number of benzene rings is 1. The second-order valence-corrected chi connectivity index (χ2v) is 6.39. The van der Waals surface area contributed by atoms with Gasteiger partial charge in [0.2, 0.25) is 5.88 Å². The van der Waals surface area contributed by atoms with Gasteiger partial charge in [-0.3, -0.25) is 4.98 Å². The van der Waals surface area contributed by atoms with E-state index in [2.05, 4.69) is 36.1 Å². The number of pyridine rings is 1. The van der Waals surface area contributed by atoms with Gasteiger partial charge in [0.05, 0.1) is 18.5 Å². The molecule has 0 aliphatic rings. The monoisotopic (exact) mass is 365 g/mol. The van der Waals surface area contributed by atoms with Gasteiger partial charge in [0.15, 0.2) is 0 Å². The first kappa shape index (κ1) is 18.6. The van der Waals surface area contributed by atoms with Crippen LogP contribution in [0.25, 0.3) is 5.69 Å². The van der Waals surface area contributed by atoms with Crippen molar-refractivity contribution in [1.82, 2.24) is 14.8 Å². The van der Waals surface area contributed by atoms with Gasteiger partial charge < -0.3 is 9.47 Å². The van der Waals surface area contributed by atoms with E-state index in [1.165, 1.54) is 11.8 Å². The van der Waals surface area contributed by atoms with Crippen molar-refractivity contribution in [2.75, 3.05) is 6.61 Å². The zero-order valence-electron chi connectivity index (χ0n) is 15.8. The van der Waals surface area contributed by atoms with E-state index in [0.717, 1.165) is 11.3 Å². The van der Waals surface area contributed by atoms with Gasteiger partial charge in [0.1, 0.15) is 12.2 Å². The predicted molar refractivity (Wildman–Crippen MR) is 102 cm³/mol. The maximum Gasteiger partial charge on any atom is 0.345 e. The maximum absolute atomic E-state index is 12.3. The molecule has 0 unspecified atom stereocenters. The third-order valence-corrected chi connectivity index (χ3v) is 4.15. The number of nitrogens with zero attached hydrogens (tertiary/aromatic N) is 3. The minimum atomic E-state index is -0.452. The van der Waals surface area contributed by atoms with E-state index in [1.807, 2.05) is 24.3 Å². The lowest BCUT2D eigenvalue weighted by molar-refractivity contribution is 0.0521. The summed E-state index contributed by atoms with van der Waals surface area (Å²) in [7, 11) is 0. The predicted octanol–water partition coefficient (Wildman–Crippen LogP) is 4.15. The molecule has 3 aromatic rings. The molecule has 0 N–H and O–H groups in total. The van der Waals surface area contributed by atoms with Gasteiger partial charge in [-0.05, 0) is 48.2 Å². The van der Waals surface area contributed by atoms with Crippen molar-refractivity contribution in [2.45, 2.75) is 33.3 Å². The molecule has 0 bridgehead atoms. The maximum atomic E-state index is 12.3. The average molecular weight is 365 g/mol. The molecule has 2 heterocycles. The number of aromatic nitrogens is 3. The van der Waals surface area contributed by atoms with Gasteiger partial charge in [-0.1, -0.05) is 26.0 Å². The van der Waals surface area contributed by atoms with Crippen molar-refractivity contribution in [3.63, 3.8) is 0 Å². The van der Waals surface area contributed by atoms with E-state index in [1.54, 1.807) is 24.0 Å². The Bertz CT molecular complexity index is 887. The Kier molecular flexibility index (Phi) is 5.86. The molecular weight excluding hydrogens is 342 g/mol. The number of ether oxygens (including phenoxy) is 2. The fourth-order valence-electron chi connectivity index (χ4n) is 2.64. The van der Waals surface area contributed by atoms with Crippen molar-refractivity contribution in [1.29, 1.82) is 0 Å². The van der Waals surface area contributed by atoms with Crippen LogP contribution in [-0.4, -0.2) is 27.3 Å². The molecule has 0 atom stereocenters. The summed E-state index contributed by atoms with van der Waals surface area (Å²) in [6, 6.07) is 11.8. The Morgan fingerprint density at radius 1 is 1.11 bits per heavy atom. The number of hydrogen-bond donors (Lipinski definition) is 0. The van der Waals surface area contributed by atoms with Gasteiger partial charge in [-0.15, -0.1) is 0 Å². The topological polar surface area (TPSA) is 66.2 Å². The van der Waals surface area contributed by atoms with Gasteiger partial charge in [-0.25, -0.2) is 9.48 Å². The highest BCUT2D eigenvalue weighted by atomic mass is 16.5. The molecular formula is C21H23N3O3. The molecule has 3 rings (SSSR count). The van der Waals surface area contributed by atoms with Crippen LogP contribution < -0.4 is 4.74 Å². The molecule has 6 nitrogen and oxygen atoms in total. The average Bonchev–Trinajstić information content (AvgIpc) is 3.11. The summed E-state index contributed by atoms with van der Waals surface area (Å²) in [6.45, 7) is 6.64. The van der Waals surface area contributed by atoms with Crippen LogP contribution in [0, 0.1) is 0 Å². The molecule has 0 fully saturated rings. The molecule has 0 spiro atoms. The smallest absolute Gasteiger partial charge is 0.345 e. The lowest BCUT2D eigenvalue weighted by atomic mass is 10.0. The number of esters is 1. The van der Waals surface area contributed by atoms with Crippen LogP contribution in [0.4, 0.5) is 0 Å². The molecule has 0 aliphatic carbocycles. The Hall–Kier alpha value is -3.15. The first-order valence-corrected chi connectivity index (χ1v) is 8.97. The molecule has 140 valence electrons. The molecule has 0 radical (unpaired) electrons. The number of hydrogen-bond acceptors (Lipinski definition) is 5. The van der Waals surface area contributed by atoms with E-state index in [0.29, 0.717) is 24.0 Å². The second-order valence-electron chi connectivity index (χ2n) is 6.39. The summed E-state index contributed by atoms with van der Waals surface area (Å²) in [5.74, 6) is 0.351. The van der Waals surface area contributed by atoms with Crippen molar-refractivity contribution in [3.05, 3.63) is 71.7 Å². The van der Waals surface area contributed by atoms with Crippen LogP contribution in [0.5, 0.6) is 5.88 Å². The van der Waals surface area contributed by atoms with Crippen LogP contribution in [0.1, 0.15) is 48.2 Å². The molecule has 2 aromatic heterocycles. The quantitative estimate of drug-likeness (QED) is 0.589. The number of rotatable bonds is 7. The summed E-state index contributed by atoms with van der Waals surface area (Å²) in [6.07, 6.45) is 4.88. The molecule has 0 saturated carbocycles. The van der Waals surface area contributed by atoms with E-state index in [9.17, 15) is 4.79 Å². The largest absolute Gasteiger partial charge is 0.472 e. The van der Waals surface area contributed by atoms with Crippen molar-refractivity contribution < 1.29 is 14.3 Å². The van der Waals surface area contributed by atoms with E-state index in [4.69, 9.17) is 9.47 Å². The summed E-state index contributed by atoms with van der Waals surface area (Å²) < 4.78 is 12.7. The third-order valence-electron chi connectivity index (χ3n) is 4.15. The third kappa shape index (κ3) is 4.34. The zero-order valence-corrected chi connectivity index (χ0v) is 15.8. The number of carbonyl (C=O) groups is 1. The van der Waals surface area contributed by atoms with Crippen molar-refractivity contribution in [3.8, 4) is 11.6 Å². The summed E-state index contributed by atoms with van der Waals surface area (Å²) in [5.41, 5.74) is 3.30. The van der Waals surface area contributed by atoms with Crippen LogP contribution in [0.2, 0.25) is 0 Å². The molecule has 6 heteroatoms. The first-order valence-electron chi connectivity index (χ1n) is 8.97. The lowest BCUT2D eigenvalue weighted by Gasteiger charge is -2.12. The highest BCUT2D eigenvalue weighted by Gasteiger charge is 2.21. The normalized spacial score (nSPS) is 10.8. The van der Waals surface area contributed by atoms with Crippen LogP contribution >= 0.6 is 0 Å².